The summed E-state index contributed by atoms with van der Waals surface area (Å²) < 4.78 is 0. The van der Waals surface area contributed by atoms with Crippen LogP contribution in [0.4, 0.5) is 0 Å². The van der Waals surface area contributed by atoms with Crippen LogP contribution in [0.5, 0.6) is 11.5 Å². The summed E-state index contributed by atoms with van der Waals surface area (Å²) in [7, 11) is 1.46. The molecule has 1 amide bonds. The average molecular weight is 498 g/mol. The number of hydrogen-bond donors (Lipinski definition) is 3. The molecule has 0 fully saturated rings. The molecule has 0 bridgehead atoms. The Balaban J connectivity index is 2.59. The molecule has 6 nitrogen and oxygen atoms in total. The molecule has 0 heterocycles. The van der Waals surface area contributed by atoms with Crippen LogP contribution in [0.1, 0.15) is 78.7 Å². The van der Waals surface area contributed by atoms with E-state index >= 15 is 0 Å². The molecule has 198 valence electrons. The molecule has 3 N–H and O–H groups in total. The minimum Gasteiger partial charge on any atom is -0.504 e. The van der Waals surface area contributed by atoms with Gasteiger partial charge in [-0.15, -0.1) is 0 Å². The SMILES string of the molecule is CC(C)=CCC/C(C)=C/CC/C(C)=C/CC/C(C)=C/C(=O)N(C)C(Cc1ccc(O)c(O)c1)C(=O)O. The standard InChI is InChI=1S/C30H43NO5/c1-21(2)10-7-11-22(3)12-8-13-23(4)14-9-15-24(5)18-29(34)31(6)26(30(35)36)19-25-16-17-27(32)28(33)20-25/h10,12,14,16-18,20,26,32-33H,7-9,11,13,15,19H2,1-6H3,(H,35,36)/b22-12+,23-14+,24-18+. The second kappa shape index (κ2) is 15.7. The zero-order valence-corrected chi connectivity index (χ0v) is 22.7. The highest BCUT2D eigenvalue weighted by Crippen LogP contribution is 2.26. The van der Waals surface area contributed by atoms with E-state index in [1.165, 1.54) is 52.9 Å². The maximum absolute atomic E-state index is 12.7. The Labute approximate surface area is 216 Å². The third-order valence-electron chi connectivity index (χ3n) is 6.09. The molecule has 1 aromatic carbocycles. The number of amides is 1. The van der Waals surface area contributed by atoms with Crippen LogP contribution in [-0.4, -0.2) is 45.2 Å². The van der Waals surface area contributed by atoms with Crippen molar-refractivity contribution in [2.45, 2.75) is 85.6 Å². The summed E-state index contributed by atoms with van der Waals surface area (Å²) in [6, 6.07) is 3.04. The minimum atomic E-state index is -1.13. The lowest BCUT2D eigenvalue weighted by molar-refractivity contribution is -0.147. The van der Waals surface area contributed by atoms with Crippen molar-refractivity contribution in [3.05, 3.63) is 70.4 Å². The maximum Gasteiger partial charge on any atom is 0.326 e. The number of carbonyl (C=O) groups is 2. The van der Waals surface area contributed by atoms with Crippen molar-refractivity contribution < 1.29 is 24.9 Å². The van der Waals surface area contributed by atoms with E-state index in [2.05, 4.69) is 45.9 Å². The summed E-state index contributed by atoms with van der Waals surface area (Å²) in [5, 5.41) is 28.8. The molecule has 0 aromatic heterocycles. The minimum absolute atomic E-state index is 0.0170. The van der Waals surface area contributed by atoms with Gasteiger partial charge in [0, 0.05) is 19.5 Å². The molecule has 0 aliphatic rings. The molecule has 0 aliphatic heterocycles. The lowest BCUT2D eigenvalue weighted by Crippen LogP contribution is -2.43. The van der Waals surface area contributed by atoms with Gasteiger partial charge in [0.05, 0.1) is 0 Å². The predicted molar refractivity (Wildman–Crippen MR) is 146 cm³/mol. The number of aliphatic carboxylic acids is 1. The number of rotatable bonds is 14. The second-order valence-corrected chi connectivity index (χ2v) is 9.82. The van der Waals surface area contributed by atoms with E-state index < -0.39 is 12.0 Å². The van der Waals surface area contributed by atoms with Crippen LogP contribution in [0.3, 0.4) is 0 Å². The largest absolute Gasteiger partial charge is 0.504 e. The number of likely N-dealkylation sites (N-methyl/N-ethyl adjacent to an activating group) is 1. The molecule has 0 saturated heterocycles. The second-order valence-electron chi connectivity index (χ2n) is 9.82. The fourth-order valence-electron chi connectivity index (χ4n) is 3.73. The first-order valence-electron chi connectivity index (χ1n) is 12.5. The first-order valence-corrected chi connectivity index (χ1v) is 12.5. The lowest BCUT2D eigenvalue weighted by Gasteiger charge is -2.24. The Hall–Kier alpha value is -3.28. The molecular formula is C30H43NO5. The molecule has 0 aliphatic carbocycles. The van der Waals surface area contributed by atoms with Gasteiger partial charge in [0.2, 0.25) is 5.91 Å². The van der Waals surface area contributed by atoms with E-state index in [1.54, 1.807) is 0 Å². The Bertz CT molecular complexity index is 1010. The summed E-state index contributed by atoms with van der Waals surface area (Å²) in [6.45, 7) is 10.4. The monoisotopic (exact) mass is 497 g/mol. The third kappa shape index (κ3) is 11.9. The molecule has 36 heavy (non-hydrogen) atoms. The molecule has 0 saturated carbocycles. The van der Waals surface area contributed by atoms with E-state index in [1.807, 2.05) is 6.92 Å². The Morgan fingerprint density at radius 1 is 0.833 bits per heavy atom. The maximum atomic E-state index is 12.7. The van der Waals surface area contributed by atoms with Crippen molar-refractivity contribution >= 4 is 11.9 Å². The van der Waals surface area contributed by atoms with Gasteiger partial charge in [0.15, 0.2) is 11.5 Å². The van der Waals surface area contributed by atoms with Crippen LogP contribution in [0, 0.1) is 0 Å². The highest BCUT2D eigenvalue weighted by atomic mass is 16.4. The zero-order chi connectivity index (χ0) is 27.3. The van der Waals surface area contributed by atoms with Gasteiger partial charge in [-0.1, -0.05) is 46.6 Å². The van der Waals surface area contributed by atoms with E-state index in [-0.39, 0.29) is 23.8 Å². The molecule has 1 aromatic rings. The summed E-state index contributed by atoms with van der Waals surface area (Å²) in [5.41, 5.74) is 5.50. The third-order valence-corrected chi connectivity index (χ3v) is 6.09. The van der Waals surface area contributed by atoms with Gasteiger partial charge in [-0.05, 0) is 90.8 Å². The van der Waals surface area contributed by atoms with Gasteiger partial charge in [0.25, 0.3) is 0 Å². The van der Waals surface area contributed by atoms with E-state index in [9.17, 15) is 24.9 Å². The summed E-state index contributed by atoms with van der Waals surface area (Å²) in [6.07, 6.45) is 14.1. The van der Waals surface area contributed by atoms with Gasteiger partial charge in [0.1, 0.15) is 6.04 Å². The molecule has 0 radical (unpaired) electrons. The van der Waals surface area contributed by atoms with E-state index in [4.69, 9.17) is 0 Å². The van der Waals surface area contributed by atoms with Gasteiger partial charge in [-0.25, -0.2) is 4.79 Å². The average Bonchev–Trinajstić information content (AvgIpc) is 2.78. The summed E-state index contributed by atoms with van der Waals surface area (Å²) in [4.78, 5) is 25.7. The van der Waals surface area contributed by atoms with Gasteiger partial charge in [-0.2, -0.15) is 0 Å². The van der Waals surface area contributed by atoms with Crippen molar-refractivity contribution in [1.29, 1.82) is 0 Å². The molecule has 1 unspecified atom stereocenters. The van der Waals surface area contributed by atoms with Gasteiger partial charge in [-0.3, -0.25) is 4.79 Å². The van der Waals surface area contributed by atoms with Crippen LogP contribution >= 0.6 is 0 Å². The smallest absolute Gasteiger partial charge is 0.326 e. The Morgan fingerprint density at radius 2 is 1.36 bits per heavy atom. The lowest BCUT2D eigenvalue weighted by atomic mass is 10.0. The molecular weight excluding hydrogens is 454 g/mol. The molecule has 0 spiro atoms. The number of carboxylic acid groups (broad SMARTS) is 1. The normalized spacial score (nSPS) is 13.3. The number of hydrogen-bond acceptors (Lipinski definition) is 4. The highest BCUT2D eigenvalue weighted by Gasteiger charge is 2.26. The number of carboxylic acids is 1. The fraction of sp³-hybridized carbons (Fsp3) is 0.467. The highest BCUT2D eigenvalue weighted by molar-refractivity contribution is 5.91. The zero-order valence-electron chi connectivity index (χ0n) is 22.7. The molecule has 6 heteroatoms. The molecule has 1 rings (SSSR count). The number of phenolic OH excluding ortho intramolecular Hbond substituents is 2. The van der Waals surface area contributed by atoms with Gasteiger partial charge < -0.3 is 20.2 Å². The van der Waals surface area contributed by atoms with Crippen molar-refractivity contribution in [3.63, 3.8) is 0 Å². The first-order chi connectivity index (χ1) is 16.9. The Kier molecular flexibility index (Phi) is 13.4. The number of carbonyl (C=O) groups excluding carboxylic acids is 1. The van der Waals surface area contributed by atoms with Crippen LogP contribution in [0.15, 0.2) is 64.8 Å². The number of phenols is 2. The van der Waals surface area contributed by atoms with Crippen LogP contribution < -0.4 is 0 Å². The topological polar surface area (TPSA) is 98.1 Å². The number of allylic oxidation sites excluding steroid dienone is 7. The van der Waals surface area contributed by atoms with Crippen molar-refractivity contribution in [2.75, 3.05) is 7.05 Å². The summed E-state index contributed by atoms with van der Waals surface area (Å²) >= 11 is 0. The van der Waals surface area contributed by atoms with Crippen molar-refractivity contribution in [2.24, 2.45) is 0 Å². The van der Waals surface area contributed by atoms with E-state index in [0.29, 0.717) is 5.56 Å². The molecule has 1 atom stereocenters. The van der Waals surface area contributed by atoms with Crippen LogP contribution in [0.25, 0.3) is 0 Å². The van der Waals surface area contributed by atoms with Crippen molar-refractivity contribution in [1.82, 2.24) is 4.90 Å². The summed E-state index contributed by atoms with van der Waals surface area (Å²) in [5.74, 6) is -2.11. The quantitative estimate of drug-likeness (QED) is 0.151. The first kappa shape index (κ1) is 30.8. The van der Waals surface area contributed by atoms with Crippen LogP contribution in [0.2, 0.25) is 0 Å². The number of aromatic hydroxyl groups is 2. The number of nitrogens with zero attached hydrogens (tertiary/aromatic N) is 1. The predicted octanol–water partition coefficient (Wildman–Crippen LogP) is 6.70. The Morgan fingerprint density at radius 3 is 1.86 bits per heavy atom. The van der Waals surface area contributed by atoms with Gasteiger partial charge >= 0.3 is 5.97 Å². The van der Waals surface area contributed by atoms with Crippen molar-refractivity contribution in [3.8, 4) is 11.5 Å². The fourth-order valence-corrected chi connectivity index (χ4v) is 3.73. The number of benzene rings is 1. The van der Waals surface area contributed by atoms with E-state index in [0.717, 1.165) is 44.1 Å². The van der Waals surface area contributed by atoms with Crippen LogP contribution in [-0.2, 0) is 16.0 Å².